The average molecular weight is 306 g/mol. The third-order valence-corrected chi connectivity index (χ3v) is 4.32. The van der Waals surface area contributed by atoms with Gasteiger partial charge in [-0.3, -0.25) is 4.79 Å². The lowest BCUT2D eigenvalue weighted by molar-refractivity contribution is -0.121. The van der Waals surface area contributed by atoms with Gasteiger partial charge in [-0.1, -0.05) is 18.2 Å². The van der Waals surface area contributed by atoms with Crippen LogP contribution in [0.5, 0.6) is 0 Å². The molecular weight excluding hydrogens is 284 g/mol. The molecule has 3 rings (SSSR count). The minimum absolute atomic E-state index is 0.0283. The quantitative estimate of drug-likeness (QED) is 0.713. The van der Waals surface area contributed by atoms with Gasteiger partial charge >= 0.3 is 0 Å². The van der Waals surface area contributed by atoms with Crippen molar-refractivity contribution in [3.8, 4) is 0 Å². The second-order valence-electron chi connectivity index (χ2n) is 5.86. The van der Waals surface area contributed by atoms with Crippen LogP contribution in [0, 0.1) is 0 Å². The zero-order chi connectivity index (χ0) is 15.5. The zero-order valence-corrected chi connectivity index (χ0v) is 12.4. The van der Waals surface area contributed by atoms with Crippen molar-refractivity contribution in [2.45, 2.75) is 31.1 Å². The van der Waals surface area contributed by atoms with Crippen molar-refractivity contribution in [2.75, 3.05) is 31.2 Å². The Labute approximate surface area is 129 Å². The fraction of sp³-hybridized carbons (Fsp3) is 0.562. The molecule has 2 aliphatic rings. The number of fused-ring (bicyclic) bond motifs is 1. The molecular formula is C16H22N2O4. The molecule has 120 valence electrons. The number of para-hydroxylation sites is 1. The number of amides is 1. The summed E-state index contributed by atoms with van der Waals surface area (Å²) in [6.45, 7) is 1.25. The lowest BCUT2D eigenvalue weighted by atomic mass is 10.0. The van der Waals surface area contributed by atoms with Gasteiger partial charge in [-0.15, -0.1) is 0 Å². The van der Waals surface area contributed by atoms with Gasteiger partial charge in [-0.2, -0.15) is 0 Å². The van der Waals surface area contributed by atoms with Crippen molar-refractivity contribution in [3.63, 3.8) is 0 Å². The first-order valence-electron chi connectivity index (χ1n) is 7.72. The maximum Gasteiger partial charge on any atom is 0.240 e. The predicted molar refractivity (Wildman–Crippen MR) is 81.7 cm³/mol. The van der Waals surface area contributed by atoms with Gasteiger partial charge in [0.1, 0.15) is 6.10 Å². The topological polar surface area (TPSA) is 82.0 Å². The van der Waals surface area contributed by atoms with Crippen LogP contribution in [-0.4, -0.2) is 60.7 Å². The number of anilines is 1. The second kappa shape index (κ2) is 6.75. The summed E-state index contributed by atoms with van der Waals surface area (Å²) in [6.07, 6.45) is 0.137. The number of carbonyl (C=O) groups is 1. The van der Waals surface area contributed by atoms with Gasteiger partial charge in [0.15, 0.2) is 0 Å². The number of aliphatic hydroxyl groups excluding tert-OH is 2. The predicted octanol–water partition coefficient (Wildman–Crippen LogP) is -0.324. The van der Waals surface area contributed by atoms with Crippen molar-refractivity contribution < 1.29 is 19.7 Å². The fourth-order valence-electron chi connectivity index (χ4n) is 3.07. The summed E-state index contributed by atoms with van der Waals surface area (Å²) >= 11 is 0. The van der Waals surface area contributed by atoms with E-state index < -0.39 is 18.2 Å². The van der Waals surface area contributed by atoms with Gasteiger partial charge < -0.3 is 25.2 Å². The standard InChI is InChI=1S/C16H22N2O4/c19-14-10-22-9-12(16(14)21)17-8-15(20)18-7-3-5-11-4-1-2-6-13(11)18/h1-2,4,6,12,14,16-17,19,21H,3,5,7-10H2/t12-,14-,16+/m1/s1. The molecule has 0 aromatic heterocycles. The number of hydrogen-bond acceptors (Lipinski definition) is 5. The van der Waals surface area contributed by atoms with Gasteiger partial charge in [0.2, 0.25) is 5.91 Å². The summed E-state index contributed by atoms with van der Waals surface area (Å²) in [5, 5.41) is 22.5. The summed E-state index contributed by atoms with van der Waals surface area (Å²) in [5.74, 6) is -0.0283. The number of benzene rings is 1. The molecule has 0 saturated carbocycles. The van der Waals surface area contributed by atoms with E-state index in [2.05, 4.69) is 11.4 Å². The van der Waals surface area contributed by atoms with Crippen LogP contribution in [0.25, 0.3) is 0 Å². The number of carbonyl (C=O) groups excluding carboxylic acids is 1. The first-order chi connectivity index (χ1) is 10.7. The molecule has 0 aliphatic carbocycles. The highest BCUT2D eigenvalue weighted by molar-refractivity contribution is 5.95. The molecule has 22 heavy (non-hydrogen) atoms. The Hall–Kier alpha value is -1.47. The number of ether oxygens (including phenoxy) is 1. The third-order valence-electron chi connectivity index (χ3n) is 4.32. The van der Waals surface area contributed by atoms with Crippen LogP contribution in [0.15, 0.2) is 24.3 Å². The molecule has 1 aromatic carbocycles. The van der Waals surface area contributed by atoms with Gasteiger partial charge in [-0.25, -0.2) is 0 Å². The van der Waals surface area contributed by atoms with Crippen molar-refractivity contribution in [3.05, 3.63) is 29.8 Å². The van der Waals surface area contributed by atoms with Crippen LogP contribution in [0.3, 0.4) is 0 Å². The number of nitrogens with zero attached hydrogens (tertiary/aromatic N) is 1. The molecule has 6 nitrogen and oxygen atoms in total. The largest absolute Gasteiger partial charge is 0.389 e. The van der Waals surface area contributed by atoms with Crippen molar-refractivity contribution in [1.82, 2.24) is 5.32 Å². The van der Waals surface area contributed by atoms with E-state index in [0.717, 1.165) is 18.5 Å². The number of aliphatic hydroxyl groups is 2. The fourth-order valence-corrected chi connectivity index (χ4v) is 3.07. The monoisotopic (exact) mass is 306 g/mol. The van der Waals surface area contributed by atoms with Crippen molar-refractivity contribution >= 4 is 11.6 Å². The minimum Gasteiger partial charge on any atom is -0.389 e. The van der Waals surface area contributed by atoms with Gasteiger partial charge in [0.05, 0.1) is 31.9 Å². The average Bonchev–Trinajstić information content (AvgIpc) is 2.55. The zero-order valence-electron chi connectivity index (χ0n) is 12.4. The van der Waals surface area contributed by atoms with Crippen molar-refractivity contribution in [1.29, 1.82) is 0 Å². The summed E-state index contributed by atoms with van der Waals surface area (Å²) in [7, 11) is 0. The number of nitrogens with one attached hydrogen (secondary N) is 1. The van der Waals surface area contributed by atoms with Crippen molar-refractivity contribution in [2.24, 2.45) is 0 Å². The Balaban J connectivity index is 1.61. The van der Waals surface area contributed by atoms with E-state index in [4.69, 9.17) is 4.74 Å². The first kappa shape index (κ1) is 15.4. The molecule has 0 radical (unpaired) electrons. The molecule has 3 atom stereocenters. The van der Waals surface area contributed by atoms with E-state index in [1.165, 1.54) is 5.56 Å². The van der Waals surface area contributed by atoms with Gasteiger partial charge in [-0.05, 0) is 24.5 Å². The highest BCUT2D eigenvalue weighted by atomic mass is 16.5. The molecule has 1 fully saturated rings. The Morgan fingerprint density at radius 3 is 3.00 bits per heavy atom. The van der Waals surface area contributed by atoms with Gasteiger partial charge in [0.25, 0.3) is 0 Å². The molecule has 0 bridgehead atoms. The summed E-state index contributed by atoms with van der Waals surface area (Å²) < 4.78 is 5.20. The van der Waals surface area contributed by atoms with E-state index in [9.17, 15) is 15.0 Å². The normalized spacial score (nSPS) is 28.3. The molecule has 1 aromatic rings. The molecule has 6 heteroatoms. The van der Waals surface area contributed by atoms with Crippen LogP contribution < -0.4 is 10.2 Å². The molecule has 1 saturated heterocycles. The van der Waals surface area contributed by atoms with Crippen LogP contribution in [-0.2, 0) is 16.0 Å². The second-order valence-corrected chi connectivity index (χ2v) is 5.86. The number of hydrogen-bond donors (Lipinski definition) is 3. The molecule has 0 spiro atoms. The van der Waals surface area contributed by atoms with E-state index in [0.29, 0.717) is 13.2 Å². The molecule has 0 unspecified atom stereocenters. The van der Waals surface area contributed by atoms with E-state index in [-0.39, 0.29) is 19.1 Å². The summed E-state index contributed by atoms with van der Waals surface area (Å²) in [4.78, 5) is 14.3. The molecule has 1 amide bonds. The molecule has 2 heterocycles. The molecule has 3 N–H and O–H groups in total. The minimum atomic E-state index is -0.907. The summed E-state index contributed by atoms with van der Waals surface area (Å²) in [6, 6.07) is 7.52. The number of aryl methyl sites for hydroxylation is 1. The Kier molecular flexibility index (Phi) is 4.73. The third kappa shape index (κ3) is 3.15. The van der Waals surface area contributed by atoms with E-state index in [1.54, 1.807) is 4.90 Å². The van der Waals surface area contributed by atoms with Crippen LogP contribution in [0.4, 0.5) is 5.69 Å². The van der Waals surface area contributed by atoms with Crippen LogP contribution >= 0.6 is 0 Å². The lowest BCUT2D eigenvalue weighted by Gasteiger charge is -2.34. The van der Waals surface area contributed by atoms with E-state index >= 15 is 0 Å². The van der Waals surface area contributed by atoms with Crippen LogP contribution in [0.1, 0.15) is 12.0 Å². The Morgan fingerprint density at radius 1 is 1.32 bits per heavy atom. The SMILES string of the molecule is O=C(CN[C@@H]1COC[C@@H](O)[C@H]1O)N1CCCc2ccccc21. The smallest absolute Gasteiger partial charge is 0.240 e. The Morgan fingerprint density at radius 2 is 2.14 bits per heavy atom. The highest BCUT2D eigenvalue weighted by Crippen LogP contribution is 2.26. The van der Waals surface area contributed by atoms with E-state index in [1.807, 2.05) is 18.2 Å². The lowest BCUT2D eigenvalue weighted by Crippen LogP contribution is -2.56. The maximum atomic E-state index is 12.5. The highest BCUT2D eigenvalue weighted by Gasteiger charge is 2.32. The Bertz CT molecular complexity index is 537. The maximum absolute atomic E-state index is 12.5. The number of rotatable bonds is 3. The van der Waals surface area contributed by atoms with Gasteiger partial charge in [0, 0.05) is 12.2 Å². The summed E-state index contributed by atoms with van der Waals surface area (Å²) in [5.41, 5.74) is 2.17. The van der Waals surface area contributed by atoms with Crippen LogP contribution in [0.2, 0.25) is 0 Å². The first-order valence-corrected chi connectivity index (χ1v) is 7.72. The molecule has 2 aliphatic heterocycles.